The van der Waals surface area contributed by atoms with Gasteiger partial charge in [-0.25, -0.2) is 0 Å². The Morgan fingerprint density at radius 1 is 1.19 bits per heavy atom. The maximum absolute atomic E-state index is 13.0. The van der Waals surface area contributed by atoms with E-state index in [1.54, 1.807) is 0 Å². The van der Waals surface area contributed by atoms with Gasteiger partial charge in [0.25, 0.3) is 0 Å². The number of carbonyl (C=O) groups excluding carboxylic acids is 1. The molecule has 1 amide bonds. The fraction of sp³-hybridized carbons (Fsp3) is 0.650. The Labute approximate surface area is 160 Å². The smallest absolute Gasteiger partial charge is 0.227 e. The van der Waals surface area contributed by atoms with Crippen LogP contribution in [0.4, 0.5) is 11.4 Å². The molecule has 6 heteroatoms. The minimum atomic E-state index is 0.0571. The molecular formula is C20H28ClN3O2. The number of nitrogens with one attached hydrogen (secondary N) is 1. The second-order valence-corrected chi connectivity index (χ2v) is 8.33. The molecule has 1 aromatic carbocycles. The molecule has 1 saturated heterocycles. The number of morpholine rings is 1. The number of anilines is 2. The minimum absolute atomic E-state index is 0.0571. The van der Waals surface area contributed by atoms with E-state index in [0.717, 1.165) is 50.1 Å². The molecule has 0 aromatic heterocycles. The van der Waals surface area contributed by atoms with Crippen molar-refractivity contribution in [2.75, 3.05) is 36.5 Å². The molecule has 26 heavy (non-hydrogen) atoms. The van der Waals surface area contributed by atoms with Gasteiger partial charge in [-0.3, -0.25) is 4.79 Å². The number of nitrogens with two attached hydrogens (primary N) is 1. The fourth-order valence-corrected chi connectivity index (χ4v) is 5.26. The number of carbonyl (C=O) groups is 1. The number of para-hydroxylation sites is 1. The molecule has 3 fully saturated rings. The molecule has 0 spiro atoms. The highest BCUT2D eigenvalue weighted by Gasteiger charge is 2.40. The van der Waals surface area contributed by atoms with Crippen LogP contribution in [-0.2, 0) is 9.53 Å². The van der Waals surface area contributed by atoms with E-state index in [4.69, 9.17) is 22.1 Å². The number of ether oxygens (including phenoxy) is 1. The van der Waals surface area contributed by atoms with Gasteiger partial charge in [0, 0.05) is 25.0 Å². The predicted octanol–water partition coefficient (Wildman–Crippen LogP) is 3.27. The molecule has 0 radical (unpaired) electrons. The van der Waals surface area contributed by atoms with Crippen molar-refractivity contribution in [1.29, 1.82) is 0 Å². The summed E-state index contributed by atoms with van der Waals surface area (Å²) < 4.78 is 5.45. The molecule has 5 nitrogen and oxygen atoms in total. The number of hydrogen-bond donors (Lipinski definition) is 2. The summed E-state index contributed by atoms with van der Waals surface area (Å²) >= 11 is 6.48. The zero-order valence-electron chi connectivity index (χ0n) is 15.1. The van der Waals surface area contributed by atoms with Crippen LogP contribution in [0.1, 0.15) is 32.1 Å². The number of nitrogens with zero attached hydrogens (tertiary/aromatic N) is 1. The molecule has 1 aromatic rings. The first-order valence-corrected chi connectivity index (χ1v) is 10.2. The Morgan fingerprint density at radius 3 is 2.58 bits per heavy atom. The van der Waals surface area contributed by atoms with Crippen molar-refractivity contribution in [3.05, 3.63) is 23.2 Å². The van der Waals surface area contributed by atoms with Crippen LogP contribution in [0.25, 0.3) is 0 Å². The van der Waals surface area contributed by atoms with Crippen molar-refractivity contribution < 1.29 is 9.53 Å². The van der Waals surface area contributed by atoms with E-state index in [-0.39, 0.29) is 17.9 Å². The van der Waals surface area contributed by atoms with E-state index >= 15 is 0 Å². The molecule has 2 aliphatic carbocycles. The number of amides is 1. The summed E-state index contributed by atoms with van der Waals surface area (Å²) in [5.41, 5.74) is 8.10. The van der Waals surface area contributed by atoms with Crippen LogP contribution in [0.5, 0.6) is 0 Å². The first kappa shape index (κ1) is 18.1. The lowest BCUT2D eigenvalue weighted by molar-refractivity contribution is -0.122. The lowest BCUT2D eigenvalue weighted by Crippen LogP contribution is -2.48. The highest BCUT2D eigenvalue weighted by atomic mass is 35.5. The van der Waals surface area contributed by atoms with E-state index in [0.29, 0.717) is 30.1 Å². The molecule has 2 saturated carbocycles. The van der Waals surface area contributed by atoms with E-state index in [2.05, 4.69) is 10.2 Å². The quantitative estimate of drug-likeness (QED) is 0.848. The molecule has 1 heterocycles. The van der Waals surface area contributed by atoms with Gasteiger partial charge in [0.05, 0.1) is 29.6 Å². The molecule has 2 atom stereocenters. The topological polar surface area (TPSA) is 67.6 Å². The van der Waals surface area contributed by atoms with Crippen molar-refractivity contribution in [1.82, 2.24) is 0 Å². The van der Waals surface area contributed by atoms with Crippen molar-refractivity contribution in [2.24, 2.45) is 23.5 Å². The van der Waals surface area contributed by atoms with Crippen LogP contribution < -0.4 is 16.0 Å². The molecule has 4 rings (SSSR count). The van der Waals surface area contributed by atoms with E-state index < -0.39 is 0 Å². The Morgan fingerprint density at radius 2 is 1.88 bits per heavy atom. The maximum atomic E-state index is 13.0. The van der Waals surface area contributed by atoms with Crippen molar-refractivity contribution >= 4 is 28.9 Å². The number of halogens is 1. The van der Waals surface area contributed by atoms with Gasteiger partial charge >= 0.3 is 0 Å². The standard InChI is InChI=1S/C20H28ClN3O2/c21-16-5-2-6-17(19(16)24-7-9-26-10-8-24)23-20(25)15-11-13-3-1-4-14(12-15)18(13)22/h2,5-6,13-15,18H,1,3-4,7-12,22H2,(H,23,25). The van der Waals surface area contributed by atoms with E-state index in [9.17, 15) is 4.79 Å². The van der Waals surface area contributed by atoms with Gasteiger partial charge in [-0.1, -0.05) is 24.1 Å². The molecule has 2 unspecified atom stereocenters. The zero-order valence-corrected chi connectivity index (χ0v) is 15.9. The van der Waals surface area contributed by atoms with Gasteiger partial charge in [0.1, 0.15) is 0 Å². The first-order valence-electron chi connectivity index (χ1n) is 9.81. The molecular weight excluding hydrogens is 350 g/mol. The van der Waals surface area contributed by atoms with Crippen LogP contribution in [-0.4, -0.2) is 38.3 Å². The second-order valence-electron chi connectivity index (χ2n) is 7.92. The molecule has 1 aliphatic heterocycles. The van der Waals surface area contributed by atoms with Gasteiger partial charge < -0.3 is 20.7 Å². The Kier molecular flexibility index (Phi) is 5.39. The van der Waals surface area contributed by atoms with E-state index in [1.807, 2.05) is 18.2 Å². The number of rotatable bonds is 3. The van der Waals surface area contributed by atoms with Gasteiger partial charge in [-0.2, -0.15) is 0 Å². The van der Waals surface area contributed by atoms with Crippen LogP contribution in [0, 0.1) is 17.8 Å². The van der Waals surface area contributed by atoms with E-state index in [1.165, 1.54) is 6.42 Å². The summed E-state index contributed by atoms with van der Waals surface area (Å²) in [5, 5.41) is 3.85. The van der Waals surface area contributed by atoms with Crippen LogP contribution in [0.3, 0.4) is 0 Å². The zero-order chi connectivity index (χ0) is 18.1. The maximum Gasteiger partial charge on any atom is 0.227 e. The summed E-state index contributed by atoms with van der Waals surface area (Å²) in [4.78, 5) is 15.2. The van der Waals surface area contributed by atoms with Gasteiger partial charge in [-0.15, -0.1) is 0 Å². The lowest BCUT2D eigenvalue weighted by atomic mass is 9.65. The summed E-state index contributed by atoms with van der Waals surface area (Å²) in [7, 11) is 0. The van der Waals surface area contributed by atoms with Crippen LogP contribution in [0.15, 0.2) is 18.2 Å². The average molecular weight is 378 g/mol. The summed E-state index contributed by atoms with van der Waals surface area (Å²) in [6.45, 7) is 2.94. The van der Waals surface area contributed by atoms with Gasteiger partial charge in [0.15, 0.2) is 0 Å². The van der Waals surface area contributed by atoms with Crippen LogP contribution in [0.2, 0.25) is 5.02 Å². The SMILES string of the molecule is NC1C2CCCC1CC(C(=O)Nc1cccc(Cl)c1N1CCOCC1)C2. The van der Waals surface area contributed by atoms with Crippen molar-refractivity contribution in [3.8, 4) is 0 Å². The molecule has 142 valence electrons. The number of benzene rings is 1. The molecule has 2 bridgehead atoms. The monoisotopic (exact) mass is 377 g/mol. The first-order chi connectivity index (χ1) is 12.6. The number of fused-ring (bicyclic) bond motifs is 2. The van der Waals surface area contributed by atoms with Gasteiger partial charge in [0.2, 0.25) is 5.91 Å². The lowest BCUT2D eigenvalue weighted by Gasteiger charge is -2.43. The highest BCUT2D eigenvalue weighted by Crippen LogP contribution is 2.43. The fourth-order valence-electron chi connectivity index (χ4n) is 4.96. The van der Waals surface area contributed by atoms with Gasteiger partial charge in [-0.05, 0) is 49.7 Å². The Bertz CT molecular complexity index is 648. The third kappa shape index (κ3) is 3.57. The Hall–Kier alpha value is -1.30. The minimum Gasteiger partial charge on any atom is -0.378 e. The highest BCUT2D eigenvalue weighted by molar-refractivity contribution is 6.34. The Balaban J connectivity index is 1.50. The number of hydrogen-bond acceptors (Lipinski definition) is 4. The van der Waals surface area contributed by atoms with Crippen LogP contribution >= 0.6 is 11.6 Å². The second kappa shape index (κ2) is 7.75. The average Bonchev–Trinajstić information content (AvgIpc) is 2.62. The summed E-state index contributed by atoms with van der Waals surface area (Å²) in [5.74, 6) is 1.17. The van der Waals surface area contributed by atoms with Crippen molar-refractivity contribution in [3.63, 3.8) is 0 Å². The normalized spacial score (nSPS) is 31.5. The summed E-state index contributed by atoms with van der Waals surface area (Å²) in [6, 6.07) is 6.01. The van der Waals surface area contributed by atoms with Crippen molar-refractivity contribution in [2.45, 2.75) is 38.1 Å². The predicted molar refractivity (Wildman–Crippen MR) is 105 cm³/mol. The largest absolute Gasteiger partial charge is 0.378 e. The molecule has 3 aliphatic rings. The third-order valence-electron chi connectivity index (χ3n) is 6.36. The summed E-state index contributed by atoms with van der Waals surface area (Å²) in [6.07, 6.45) is 5.41. The third-order valence-corrected chi connectivity index (χ3v) is 6.66. The molecule has 3 N–H and O–H groups in total.